The Labute approximate surface area is 118 Å². The Morgan fingerprint density at radius 3 is 2.53 bits per heavy atom. The van der Waals surface area contributed by atoms with Crippen molar-refractivity contribution in [3.8, 4) is 0 Å². The van der Waals surface area contributed by atoms with Gasteiger partial charge in [-0.15, -0.1) is 0 Å². The first kappa shape index (κ1) is 14.6. The van der Waals surface area contributed by atoms with Crippen molar-refractivity contribution in [3.63, 3.8) is 0 Å². The average Bonchev–Trinajstić information content (AvgIpc) is 2.51. The second-order valence-corrected chi connectivity index (χ2v) is 6.78. The molecular weight excluding hydrogens is 232 g/mol. The fourth-order valence-electron chi connectivity index (χ4n) is 3.62. The van der Waals surface area contributed by atoms with Crippen LogP contribution >= 0.6 is 0 Å². The molecule has 106 valence electrons. The van der Waals surface area contributed by atoms with E-state index in [1.165, 1.54) is 17.5 Å². The summed E-state index contributed by atoms with van der Waals surface area (Å²) in [6.07, 6.45) is 5.40. The predicted octanol–water partition coefficient (Wildman–Crippen LogP) is 4.73. The van der Waals surface area contributed by atoms with E-state index in [2.05, 4.69) is 45.9 Å². The Bertz CT molecular complexity index is 435. The van der Waals surface area contributed by atoms with Crippen LogP contribution < -0.4 is 0 Å². The highest BCUT2D eigenvalue weighted by atomic mass is 16.3. The monoisotopic (exact) mass is 260 g/mol. The predicted molar refractivity (Wildman–Crippen MR) is 81.2 cm³/mol. The van der Waals surface area contributed by atoms with Crippen LogP contribution in [0, 0.1) is 25.7 Å². The lowest BCUT2D eigenvalue weighted by molar-refractivity contribution is 0.0185. The van der Waals surface area contributed by atoms with Gasteiger partial charge in [0, 0.05) is 0 Å². The Balaban J connectivity index is 2.22. The smallest absolute Gasteiger partial charge is 0.0899 e. The fourth-order valence-corrected chi connectivity index (χ4v) is 3.62. The number of hydrogen-bond donors (Lipinski definition) is 1. The first-order chi connectivity index (χ1) is 8.92. The molecule has 0 heterocycles. The lowest BCUT2D eigenvalue weighted by atomic mass is 9.82. The molecule has 2 atom stereocenters. The molecule has 0 aromatic heterocycles. The van der Waals surface area contributed by atoms with Gasteiger partial charge in [-0.3, -0.25) is 0 Å². The molecule has 1 heteroatoms. The first-order valence-corrected chi connectivity index (χ1v) is 7.72. The number of rotatable bonds is 2. The number of benzene rings is 1. The van der Waals surface area contributed by atoms with Gasteiger partial charge in [-0.25, -0.2) is 0 Å². The fraction of sp³-hybridized carbons (Fsp3) is 0.667. The lowest BCUT2D eigenvalue weighted by Gasteiger charge is -2.29. The summed E-state index contributed by atoms with van der Waals surface area (Å²) < 4.78 is 0. The van der Waals surface area contributed by atoms with E-state index in [1.54, 1.807) is 0 Å². The van der Waals surface area contributed by atoms with E-state index in [-0.39, 0.29) is 0 Å². The van der Waals surface area contributed by atoms with Gasteiger partial charge in [0.25, 0.3) is 0 Å². The highest BCUT2D eigenvalue weighted by Crippen LogP contribution is 2.40. The summed E-state index contributed by atoms with van der Waals surface area (Å²) in [7, 11) is 0. The molecule has 1 aliphatic carbocycles. The van der Waals surface area contributed by atoms with E-state index in [4.69, 9.17) is 0 Å². The third-order valence-electron chi connectivity index (χ3n) is 4.92. The van der Waals surface area contributed by atoms with Crippen molar-refractivity contribution >= 4 is 0 Å². The van der Waals surface area contributed by atoms with E-state index in [0.717, 1.165) is 43.1 Å². The molecule has 0 spiro atoms. The van der Waals surface area contributed by atoms with Crippen molar-refractivity contribution in [2.75, 3.05) is 0 Å². The van der Waals surface area contributed by atoms with Crippen molar-refractivity contribution in [1.29, 1.82) is 0 Å². The molecule has 0 radical (unpaired) electrons. The molecule has 0 aliphatic heterocycles. The van der Waals surface area contributed by atoms with Gasteiger partial charge in [0.2, 0.25) is 0 Å². The molecule has 1 aromatic carbocycles. The van der Waals surface area contributed by atoms with Gasteiger partial charge < -0.3 is 5.11 Å². The van der Waals surface area contributed by atoms with Crippen molar-refractivity contribution in [2.45, 2.75) is 65.4 Å². The standard InChI is InChI=1S/C18H28O/c1-13(2)16-6-5-10-18(19,11-9-16)17-8-7-14(3)12-15(17)4/h7-8,12-13,16,19H,5-6,9-11H2,1-4H3. The molecule has 1 N–H and O–H groups in total. The molecule has 0 bridgehead atoms. The van der Waals surface area contributed by atoms with Crippen molar-refractivity contribution in [1.82, 2.24) is 0 Å². The topological polar surface area (TPSA) is 20.2 Å². The minimum Gasteiger partial charge on any atom is -0.385 e. The number of hydrogen-bond acceptors (Lipinski definition) is 1. The highest BCUT2D eigenvalue weighted by molar-refractivity contribution is 5.34. The zero-order valence-electron chi connectivity index (χ0n) is 12.9. The summed E-state index contributed by atoms with van der Waals surface area (Å²) in [5.41, 5.74) is 3.08. The summed E-state index contributed by atoms with van der Waals surface area (Å²) in [4.78, 5) is 0. The Kier molecular flexibility index (Phi) is 4.35. The van der Waals surface area contributed by atoms with Crippen LogP contribution in [0.15, 0.2) is 18.2 Å². The van der Waals surface area contributed by atoms with Gasteiger partial charge in [-0.2, -0.15) is 0 Å². The van der Waals surface area contributed by atoms with Crippen molar-refractivity contribution in [3.05, 3.63) is 34.9 Å². The van der Waals surface area contributed by atoms with Crippen LogP contribution in [0.25, 0.3) is 0 Å². The normalized spacial score (nSPS) is 28.4. The summed E-state index contributed by atoms with van der Waals surface area (Å²) in [5.74, 6) is 1.52. The molecule has 19 heavy (non-hydrogen) atoms. The van der Waals surface area contributed by atoms with Crippen LogP contribution in [0.4, 0.5) is 0 Å². The third-order valence-corrected chi connectivity index (χ3v) is 4.92. The van der Waals surface area contributed by atoms with E-state index >= 15 is 0 Å². The minimum absolute atomic E-state index is 0.596. The Morgan fingerprint density at radius 1 is 1.16 bits per heavy atom. The Hall–Kier alpha value is -0.820. The minimum atomic E-state index is -0.596. The van der Waals surface area contributed by atoms with E-state index in [0.29, 0.717) is 0 Å². The summed E-state index contributed by atoms with van der Waals surface area (Å²) in [6, 6.07) is 6.46. The summed E-state index contributed by atoms with van der Waals surface area (Å²) in [5, 5.41) is 11.1. The van der Waals surface area contributed by atoms with Gasteiger partial charge >= 0.3 is 0 Å². The Morgan fingerprint density at radius 2 is 1.89 bits per heavy atom. The molecule has 1 saturated carbocycles. The lowest BCUT2D eigenvalue weighted by Crippen LogP contribution is -2.26. The largest absolute Gasteiger partial charge is 0.385 e. The SMILES string of the molecule is Cc1ccc(C2(O)CCCC(C(C)C)CC2)c(C)c1. The van der Waals surface area contributed by atoms with E-state index in [9.17, 15) is 5.11 Å². The molecule has 0 saturated heterocycles. The van der Waals surface area contributed by atoms with Crippen molar-refractivity contribution in [2.24, 2.45) is 11.8 Å². The van der Waals surface area contributed by atoms with E-state index in [1.807, 2.05) is 0 Å². The molecule has 1 aliphatic rings. The van der Waals surface area contributed by atoms with Crippen LogP contribution in [0.1, 0.15) is 62.6 Å². The van der Waals surface area contributed by atoms with Crippen LogP contribution in [-0.4, -0.2) is 5.11 Å². The van der Waals surface area contributed by atoms with Gasteiger partial charge in [0.05, 0.1) is 5.60 Å². The van der Waals surface area contributed by atoms with Crippen LogP contribution in [0.5, 0.6) is 0 Å². The molecule has 2 unspecified atom stereocenters. The van der Waals surface area contributed by atoms with Crippen LogP contribution in [0.3, 0.4) is 0 Å². The highest BCUT2D eigenvalue weighted by Gasteiger charge is 2.34. The van der Waals surface area contributed by atoms with Gasteiger partial charge in [-0.1, -0.05) is 44.0 Å². The molecule has 1 fully saturated rings. The number of aryl methyl sites for hydroxylation is 2. The van der Waals surface area contributed by atoms with Crippen molar-refractivity contribution < 1.29 is 5.11 Å². The van der Waals surface area contributed by atoms with Crippen LogP contribution in [0.2, 0.25) is 0 Å². The average molecular weight is 260 g/mol. The molecule has 0 amide bonds. The quantitative estimate of drug-likeness (QED) is 0.762. The molecule has 1 nitrogen and oxygen atoms in total. The summed E-state index contributed by atoms with van der Waals surface area (Å²) >= 11 is 0. The molecular formula is C18H28O. The maximum Gasteiger partial charge on any atom is 0.0899 e. The van der Waals surface area contributed by atoms with Gasteiger partial charge in [0.15, 0.2) is 0 Å². The van der Waals surface area contributed by atoms with Gasteiger partial charge in [0.1, 0.15) is 0 Å². The van der Waals surface area contributed by atoms with E-state index < -0.39 is 5.60 Å². The zero-order valence-corrected chi connectivity index (χ0v) is 12.9. The summed E-state index contributed by atoms with van der Waals surface area (Å²) in [6.45, 7) is 8.87. The maximum atomic E-state index is 11.1. The number of aliphatic hydroxyl groups is 1. The van der Waals surface area contributed by atoms with Gasteiger partial charge in [-0.05, 0) is 62.5 Å². The first-order valence-electron chi connectivity index (χ1n) is 7.72. The molecule has 1 aromatic rings. The second-order valence-electron chi connectivity index (χ2n) is 6.78. The molecule has 2 rings (SSSR count). The zero-order chi connectivity index (χ0) is 14.0. The van der Waals surface area contributed by atoms with Crippen LogP contribution in [-0.2, 0) is 5.60 Å². The maximum absolute atomic E-state index is 11.1. The third kappa shape index (κ3) is 3.20. The second kappa shape index (κ2) is 5.66.